The van der Waals surface area contributed by atoms with Crippen LogP contribution in [0.4, 0.5) is 10.1 Å². The topological polar surface area (TPSA) is 67.2 Å². The van der Waals surface area contributed by atoms with Crippen molar-refractivity contribution >= 4 is 11.6 Å². The largest absolute Gasteiger partial charge is 0.365 e. The van der Waals surface area contributed by atoms with E-state index in [1.807, 2.05) is 6.07 Å². The van der Waals surface area contributed by atoms with Gasteiger partial charge in [0, 0.05) is 25.5 Å². The second-order valence-corrected chi connectivity index (χ2v) is 5.03. The van der Waals surface area contributed by atoms with Crippen LogP contribution in [0.5, 0.6) is 0 Å². The van der Waals surface area contributed by atoms with Crippen molar-refractivity contribution in [2.45, 2.75) is 25.8 Å². The Kier molecular flexibility index (Phi) is 3.96. The van der Waals surface area contributed by atoms with Crippen LogP contribution in [0.25, 0.3) is 0 Å². The number of anilines is 1. The lowest BCUT2D eigenvalue weighted by Crippen LogP contribution is -2.25. The van der Waals surface area contributed by atoms with Crippen LogP contribution in [0.2, 0.25) is 0 Å². The molecule has 0 atom stereocenters. The Hall–Kier alpha value is -2.21. The van der Waals surface area contributed by atoms with Gasteiger partial charge in [-0.2, -0.15) is 0 Å². The maximum atomic E-state index is 14.4. The predicted octanol–water partition coefficient (Wildman–Crippen LogP) is 2.03. The van der Waals surface area contributed by atoms with Gasteiger partial charge in [-0.1, -0.05) is 11.2 Å². The number of fused-ring (bicyclic) bond motifs is 1. The van der Waals surface area contributed by atoms with E-state index in [0.717, 1.165) is 12.1 Å². The predicted molar refractivity (Wildman–Crippen MR) is 75.3 cm³/mol. The van der Waals surface area contributed by atoms with E-state index in [2.05, 4.69) is 15.8 Å². The molecule has 0 bridgehead atoms. The average Bonchev–Trinajstić information content (AvgIpc) is 3.02. The van der Waals surface area contributed by atoms with E-state index in [9.17, 15) is 9.18 Å². The lowest BCUT2D eigenvalue weighted by molar-refractivity contribution is -0.116. The van der Waals surface area contributed by atoms with Gasteiger partial charge in [0.2, 0.25) is 5.91 Å². The molecule has 2 aromatic rings. The van der Waals surface area contributed by atoms with Crippen LogP contribution < -0.4 is 10.6 Å². The zero-order chi connectivity index (χ0) is 14.7. The monoisotopic (exact) mass is 289 g/mol. The molecule has 1 aromatic carbocycles. The molecule has 2 N–H and O–H groups in total. The molecule has 1 aliphatic heterocycles. The van der Waals surface area contributed by atoms with Crippen LogP contribution in [-0.2, 0) is 24.2 Å². The van der Waals surface area contributed by atoms with Gasteiger partial charge >= 0.3 is 0 Å². The van der Waals surface area contributed by atoms with Gasteiger partial charge in [0.25, 0.3) is 0 Å². The van der Waals surface area contributed by atoms with Crippen molar-refractivity contribution in [1.29, 1.82) is 0 Å². The molecule has 1 aromatic heterocycles. The van der Waals surface area contributed by atoms with E-state index >= 15 is 0 Å². The van der Waals surface area contributed by atoms with Crippen LogP contribution >= 0.6 is 0 Å². The first-order chi connectivity index (χ1) is 10.2. The van der Waals surface area contributed by atoms with E-state index < -0.39 is 0 Å². The third kappa shape index (κ3) is 3.11. The molecule has 0 fully saturated rings. The molecule has 0 saturated heterocycles. The molecule has 0 radical (unpaired) electrons. The van der Waals surface area contributed by atoms with Crippen molar-refractivity contribution in [2.75, 3.05) is 11.9 Å². The van der Waals surface area contributed by atoms with E-state index in [1.165, 1.54) is 6.26 Å². The van der Waals surface area contributed by atoms with Crippen LogP contribution in [0, 0.1) is 5.82 Å². The molecule has 3 rings (SSSR count). The molecule has 0 unspecified atom stereocenters. The summed E-state index contributed by atoms with van der Waals surface area (Å²) >= 11 is 0. The zero-order valence-corrected chi connectivity index (χ0v) is 11.5. The maximum absolute atomic E-state index is 14.4. The molecule has 6 heteroatoms. The lowest BCUT2D eigenvalue weighted by atomic mass is 9.99. The van der Waals surface area contributed by atoms with E-state index in [-0.39, 0.29) is 23.8 Å². The summed E-state index contributed by atoms with van der Waals surface area (Å²) in [5.74, 6) is -0.547. The fourth-order valence-corrected chi connectivity index (χ4v) is 2.45. The molecule has 21 heavy (non-hydrogen) atoms. The molecule has 1 amide bonds. The van der Waals surface area contributed by atoms with Gasteiger partial charge < -0.3 is 15.2 Å². The number of aromatic nitrogens is 1. The Bertz CT molecular complexity index is 641. The normalized spacial score (nSPS) is 13.8. The molecule has 0 saturated carbocycles. The van der Waals surface area contributed by atoms with Gasteiger partial charge in [-0.25, -0.2) is 4.39 Å². The summed E-state index contributed by atoms with van der Waals surface area (Å²) in [5, 5.41) is 9.56. The number of carbonyl (C=O) groups excluding carboxylic acids is 1. The third-order valence-electron chi connectivity index (χ3n) is 3.58. The first kappa shape index (κ1) is 13.8. The summed E-state index contributed by atoms with van der Waals surface area (Å²) in [6.07, 6.45) is 2.82. The summed E-state index contributed by atoms with van der Waals surface area (Å²) in [4.78, 5) is 11.9. The molecular formula is C15H16FN3O2. The molecule has 110 valence electrons. The SMILES string of the molecule is O=C(CCc1ccon1)Nc1ccc2c(c1F)CCNC2. The quantitative estimate of drug-likeness (QED) is 0.903. The molecule has 1 aliphatic rings. The molecule has 5 nitrogen and oxygen atoms in total. The van der Waals surface area contributed by atoms with Gasteiger partial charge in [-0.3, -0.25) is 4.79 Å². The minimum atomic E-state index is -0.316. The smallest absolute Gasteiger partial charge is 0.224 e. The number of hydrogen-bond donors (Lipinski definition) is 2. The lowest BCUT2D eigenvalue weighted by Gasteiger charge is -2.19. The standard InChI is InChI=1S/C15H16FN3O2/c16-15-12-5-7-17-9-10(12)1-3-13(15)18-14(20)4-2-11-6-8-21-19-11/h1,3,6,8,17H,2,4-5,7,9H2,(H,18,20). The van der Waals surface area contributed by atoms with Gasteiger partial charge in [0.1, 0.15) is 12.1 Å². The summed E-state index contributed by atoms with van der Waals surface area (Å²) in [7, 11) is 0. The first-order valence-electron chi connectivity index (χ1n) is 6.94. The van der Waals surface area contributed by atoms with Crippen molar-refractivity contribution < 1.29 is 13.7 Å². The molecule has 0 aliphatic carbocycles. The van der Waals surface area contributed by atoms with Crippen molar-refractivity contribution in [3.8, 4) is 0 Å². The van der Waals surface area contributed by atoms with Crippen molar-refractivity contribution in [1.82, 2.24) is 10.5 Å². The number of amides is 1. The molecule has 2 heterocycles. The van der Waals surface area contributed by atoms with Crippen molar-refractivity contribution in [3.63, 3.8) is 0 Å². The summed E-state index contributed by atoms with van der Waals surface area (Å²) in [5.41, 5.74) is 2.62. The number of carbonyl (C=O) groups is 1. The Morgan fingerprint density at radius 3 is 3.14 bits per heavy atom. The van der Waals surface area contributed by atoms with E-state index in [4.69, 9.17) is 4.52 Å². The van der Waals surface area contributed by atoms with E-state index in [1.54, 1.807) is 12.1 Å². The van der Waals surface area contributed by atoms with Crippen LogP contribution in [0.3, 0.4) is 0 Å². The number of halogens is 1. The fourth-order valence-electron chi connectivity index (χ4n) is 2.45. The Labute approximate surface area is 121 Å². The summed E-state index contributed by atoms with van der Waals surface area (Å²) in [6.45, 7) is 1.43. The number of benzene rings is 1. The molecular weight excluding hydrogens is 273 g/mol. The van der Waals surface area contributed by atoms with Crippen molar-refractivity contribution in [3.05, 3.63) is 47.1 Å². The highest BCUT2D eigenvalue weighted by Gasteiger charge is 2.17. The Balaban J connectivity index is 1.65. The highest BCUT2D eigenvalue weighted by Crippen LogP contribution is 2.24. The zero-order valence-electron chi connectivity index (χ0n) is 11.5. The first-order valence-corrected chi connectivity index (χ1v) is 6.94. The van der Waals surface area contributed by atoms with Crippen LogP contribution in [0.1, 0.15) is 23.2 Å². The second kappa shape index (κ2) is 6.05. The van der Waals surface area contributed by atoms with Gasteiger partial charge in [-0.15, -0.1) is 0 Å². The van der Waals surface area contributed by atoms with Gasteiger partial charge in [-0.05, 0) is 30.2 Å². The number of nitrogens with zero attached hydrogens (tertiary/aromatic N) is 1. The number of aryl methyl sites for hydroxylation is 1. The summed E-state index contributed by atoms with van der Waals surface area (Å²) in [6, 6.07) is 5.19. The highest BCUT2D eigenvalue weighted by molar-refractivity contribution is 5.91. The average molecular weight is 289 g/mol. The minimum absolute atomic E-state index is 0.231. The van der Waals surface area contributed by atoms with Gasteiger partial charge in [0.15, 0.2) is 0 Å². The van der Waals surface area contributed by atoms with Crippen LogP contribution in [-0.4, -0.2) is 17.6 Å². The number of hydrogen-bond acceptors (Lipinski definition) is 4. The minimum Gasteiger partial charge on any atom is -0.365 e. The summed E-state index contributed by atoms with van der Waals surface area (Å²) < 4.78 is 19.1. The third-order valence-corrected chi connectivity index (χ3v) is 3.58. The Morgan fingerprint density at radius 2 is 2.33 bits per heavy atom. The maximum Gasteiger partial charge on any atom is 0.224 e. The van der Waals surface area contributed by atoms with Crippen molar-refractivity contribution in [2.24, 2.45) is 0 Å². The van der Waals surface area contributed by atoms with Gasteiger partial charge in [0.05, 0.1) is 11.4 Å². The molecule has 0 spiro atoms. The number of nitrogens with one attached hydrogen (secondary N) is 2. The second-order valence-electron chi connectivity index (χ2n) is 5.03. The van der Waals surface area contributed by atoms with Crippen LogP contribution in [0.15, 0.2) is 29.0 Å². The number of rotatable bonds is 4. The highest BCUT2D eigenvalue weighted by atomic mass is 19.1. The fraction of sp³-hybridized carbons (Fsp3) is 0.333. The Morgan fingerprint density at radius 1 is 1.43 bits per heavy atom. The van der Waals surface area contributed by atoms with E-state index in [0.29, 0.717) is 30.6 Å².